The average molecular weight is 313 g/mol. The summed E-state index contributed by atoms with van der Waals surface area (Å²) in [6, 6.07) is 5.12. The number of hydrogen-bond acceptors (Lipinski definition) is 7. The molecular weight excluding hydrogens is 294 g/mol. The van der Waals surface area contributed by atoms with Crippen molar-refractivity contribution < 1.29 is 4.79 Å². The largest absolute Gasteiger partial charge is 0.393 e. The van der Waals surface area contributed by atoms with Gasteiger partial charge >= 0.3 is 0 Å². The van der Waals surface area contributed by atoms with E-state index in [1.807, 2.05) is 0 Å². The standard InChI is InChI=1S/C15H19N7O/c16-12-13(20-21-15(23)11-6-2-3-7-17-11)18-10-19-14(12)22-8-4-1-5-9-22/h2-3,6-7,10H,1,4-5,8-9,16H2,(H,21,23)(H,18,19,20). The van der Waals surface area contributed by atoms with E-state index in [1.54, 1.807) is 24.4 Å². The Hall–Kier alpha value is -2.90. The minimum absolute atomic E-state index is 0.309. The first-order chi connectivity index (χ1) is 11.3. The number of piperidine rings is 1. The van der Waals surface area contributed by atoms with Crippen LogP contribution in [0.5, 0.6) is 0 Å². The molecule has 0 saturated carbocycles. The minimum atomic E-state index is -0.358. The van der Waals surface area contributed by atoms with Crippen molar-refractivity contribution in [2.75, 3.05) is 29.1 Å². The van der Waals surface area contributed by atoms with E-state index in [4.69, 9.17) is 5.73 Å². The number of pyridine rings is 1. The Bertz CT molecular complexity index is 671. The van der Waals surface area contributed by atoms with E-state index in [2.05, 4.69) is 30.7 Å². The van der Waals surface area contributed by atoms with Gasteiger partial charge in [0.25, 0.3) is 5.91 Å². The number of carbonyl (C=O) groups excluding carboxylic acids is 1. The van der Waals surface area contributed by atoms with Gasteiger partial charge in [-0.05, 0) is 31.4 Å². The quantitative estimate of drug-likeness (QED) is 0.728. The molecule has 8 heteroatoms. The summed E-state index contributed by atoms with van der Waals surface area (Å²) in [4.78, 5) is 26.5. The minimum Gasteiger partial charge on any atom is -0.393 e. The summed E-state index contributed by atoms with van der Waals surface area (Å²) in [5.41, 5.74) is 12.2. The molecule has 1 aliphatic rings. The second kappa shape index (κ2) is 6.91. The molecule has 2 aromatic rings. The van der Waals surface area contributed by atoms with Crippen molar-refractivity contribution in [3.63, 3.8) is 0 Å². The van der Waals surface area contributed by atoms with Gasteiger partial charge in [-0.1, -0.05) is 6.07 Å². The Labute approximate surface area is 134 Å². The third-order valence-corrected chi connectivity index (χ3v) is 3.71. The van der Waals surface area contributed by atoms with Crippen LogP contribution in [0.15, 0.2) is 30.7 Å². The molecule has 0 radical (unpaired) electrons. The fourth-order valence-electron chi connectivity index (χ4n) is 2.52. The van der Waals surface area contributed by atoms with E-state index in [9.17, 15) is 4.79 Å². The highest BCUT2D eigenvalue weighted by molar-refractivity contribution is 5.93. The summed E-state index contributed by atoms with van der Waals surface area (Å²) in [7, 11) is 0. The molecule has 1 saturated heterocycles. The number of nitrogens with two attached hydrogens (primary N) is 1. The topological polar surface area (TPSA) is 109 Å². The third kappa shape index (κ3) is 3.47. The molecule has 120 valence electrons. The maximum atomic E-state index is 12.0. The van der Waals surface area contributed by atoms with E-state index in [1.165, 1.54) is 12.7 Å². The van der Waals surface area contributed by atoms with Crippen LogP contribution in [0.4, 0.5) is 17.3 Å². The van der Waals surface area contributed by atoms with Crippen LogP contribution < -0.4 is 21.5 Å². The predicted octanol–water partition coefficient (Wildman–Crippen LogP) is 1.20. The van der Waals surface area contributed by atoms with Gasteiger partial charge in [0.2, 0.25) is 0 Å². The lowest BCUT2D eigenvalue weighted by Gasteiger charge is -2.28. The highest BCUT2D eigenvalue weighted by atomic mass is 16.2. The van der Waals surface area contributed by atoms with Crippen molar-refractivity contribution in [3.8, 4) is 0 Å². The molecule has 3 heterocycles. The number of anilines is 3. The van der Waals surface area contributed by atoms with E-state index >= 15 is 0 Å². The van der Waals surface area contributed by atoms with Crippen molar-refractivity contribution in [2.45, 2.75) is 19.3 Å². The number of nitrogens with zero attached hydrogens (tertiary/aromatic N) is 4. The molecule has 0 aromatic carbocycles. The Morgan fingerprint density at radius 1 is 1.13 bits per heavy atom. The lowest BCUT2D eigenvalue weighted by atomic mass is 10.1. The van der Waals surface area contributed by atoms with Gasteiger partial charge in [-0.25, -0.2) is 9.97 Å². The van der Waals surface area contributed by atoms with Crippen molar-refractivity contribution in [1.82, 2.24) is 20.4 Å². The first-order valence-electron chi connectivity index (χ1n) is 7.58. The van der Waals surface area contributed by atoms with E-state index in [0.717, 1.165) is 25.9 Å². The van der Waals surface area contributed by atoms with Gasteiger partial charge in [0.05, 0.1) is 0 Å². The molecule has 0 atom stereocenters. The fraction of sp³-hybridized carbons (Fsp3) is 0.333. The molecule has 4 N–H and O–H groups in total. The Balaban J connectivity index is 1.69. The van der Waals surface area contributed by atoms with E-state index in [0.29, 0.717) is 23.0 Å². The van der Waals surface area contributed by atoms with Crippen molar-refractivity contribution in [1.29, 1.82) is 0 Å². The summed E-state index contributed by atoms with van der Waals surface area (Å²) < 4.78 is 0. The molecule has 23 heavy (non-hydrogen) atoms. The molecule has 0 aliphatic carbocycles. The predicted molar refractivity (Wildman–Crippen MR) is 87.8 cm³/mol. The van der Waals surface area contributed by atoms with Crippen molar-refractivity contribution in [2.24, 2.45) is 0 Å². The lowest BCUT2D eigenvalue weighted by molar-refractivity contribution is 0.0957. The van der Waals surface area contributed by atoms with Crippen LogP contribution in [-0.2, 0) is 0 Å². The number of hydrogen-bond donors (Lipinski definition) is 3. The zero-order valence-electron chi connectivity index (χ0n) is 12.7. The van der Waals surface area contributed by atoms with Gasteiger partial charge in [-0.2, -0.15) is 0 Å². The van der Waals surface area contributed by atoms with E-state index in [-0.39, 0.29) is 5.91 Å². The maximum absolute atomic E-state index is 12.0. The highest BCUT2D eigenvalue weighted by Crippen LogP contribution is 2.27. The maximum Gasteiger partial charge on any atom is 0.288 e. The fourth-order valence-corrected chi connectivity index (χ4v) is 2.52. The van der Waals surface area contributed by atoms with Crippen LogP contribution in [0.3, 0.4) is 0 Å². The number of amides is 1. The van der Waals surface area contributed by atoms with Crippen LogP contribution in [0.1, 0.15) is 29.8 Å². The van der Waals surface area contributed by atoms with Crippen LogP contribution in [0, 0.1) is 0 Å². The van der Waals surface area contributed by atoms with Crippen molar-refractivity contribution in [3.05, 3.63) is 36.4 Å². The van der Waals surface area contributed by atoms with Gasteiger partial charge < -0.3 is 10.6 Å². The summed E-state index contributed by atoms with van der Waals surface area (Å²) in [6.45, 7) is 1.86. The number of nitrogen functional groups attached to an aromatic ring is 1. The molecule has 2 aromatic heterocycles. The number of aromatic nitrogens is 3. The van der Waals surface area contributed by atoms with Gasteiger partial charge in [-0.3, -0.25) is 20.6 Å². The summed E-state index contributed by atoms with van der Waals surface area (Å²) in [5.74, 6) is 0.724. The first kappa shape index (κ1) is 15.0. The van der Waals surface area contributed by atoms with E-state index < -0.39 is 0 Å². The zero-order valence-corrected chi connectivity index (χ0v) is 12.7. The zero-order chi connectivity index (χ0) is 16.1. The first-order valence-corrected chi connectivity index (χ1v) is 7.58. The van der Waals surface area contributed by atoms with Gasteiger partial charge in [0.15, 0.2) is 11.6 Å². The van der Waals surface area contributed by atoms with Gasteiger partial charge in [0.1, 0.15) is 17.7 Å². The van der Waals surface area contributed by atoms with Crippen LogP contribution in [0.25, 0.3) is 0 Å². The molecule has 1 aliphatic heterocycles. The third-order valence-electron chi connectivity index (χ3n) is 3.71. The monoisotopic (exact) mass is 313 g/mol. The van der Waals surface area contributed by atoms with Crippen LogP contribution in [-0.4, -0.2) is 33.9 Å². The molecular formula is C15H19N7O. The number of rotatable bonds is 4. The summed E-state index contributed by atoms with van der Waals surface area (Å²) in [6.07, 6.45) is 6.48. The molecule has 0 bridgehead atoms. The SMILES string of the molecule is Nc1c(NNC(=O)c2ccccn2)ncnc1N1CCCCC1. The van der Waals surface area contributed by atoms with Gasteiger partial charge in [-0.15, -0.1) is 0 Å². The molecule has 1 fully saturated rings. The molecule has 3 rings (SSSR count). The molecule has 0 unspecified atom stereocenters. The molecule has 1 amide bonds. The number of carbonyl (C=O) groups is 1. The summed E-state index contributed by atoms with van der Waals surface area (Å²) >= 11 is 0. The Morgan fingerprint density at radius 2 is 1.96 bits per heavy atom. The Morgan fingerprint density at radius 3 is 2.70 bits per heavy atom. The van der Waals surface area contributed by atoms with Gasteiger partial charge in [0, 0.05) is 19.3 Å². The van der Waals surface area contributed by atoms with Crippen LogP contribution >= 0.6 is 0 Å². The molecule has 8 nitrogen and oxygen atoms in total. The number of nitrogens with one attached hydrogen (secondary N) is 2. The second-order valence-corrected chi connectivity index (χ2v) is 5.30. The van der Waals surface area contributed by atoms with Crippen molar-refractivity contribution >= 4 is 23.2 Å². The Kier molecular flexibility index (Phi) is 4.51. The van der Waals surface area contributed by atoms with Crippen LogP contribution in [0.2, 0.25) is 0 Å². The normalized spacial score (nSPS) is 14.3. The second-order valence-electron chi connectivity index (χ2n) is 5.30. The summed E-state index contributed by atoms with van der Waals surface area (Å²) in [5, 5.41) is 0. The number of hydrazine groups is 1. The highest BCUT2D eigenvalue weighted by Gasteiger charge is 2.17. The average Bonchev–Trinajstić information content (AvgIpc) is 2.62. The smallest absolute Gasteiger partial charge is 0.288 e. The molecule has 0 spiro atoms. The lowest BCUT2D eigenvalue weighted by Crippen LogP contribution is -2.33.